The highest BCUT2D eigenvalue weighted by Gasteiger charge is 2.27. The van der Waals surface area contributed by atoms with Crippen molar-refractivity contribution in [3.63, 3.8) is 0 Å². The number of ether oxygens (including phenoxy) is 1. The van der Waals surface area contributed by atoms with Crippen LogP contribution in [0, 0.1) is 5.82 Å². The molecule has 2 heterocycles. The number of aryl methyl sites for hydroxylation is 1. The van der Waals surface area contributed by atoms with Gasteiger partial charge in [0, 0.05) is 4.88 Å². The number of methoxy groups -OCH3 is 1. The molecule has 0 atom stereocenters. The summed E-state index contributed by atoms with van der Waals surface area (Å²) in [4.78, 5) is 42.6. The van der Waals surface area contributed by atoms with Crippen molar-refractivity contribution >= 4 is 39.1 Å². The summed E-state index contributed by atoms with van der Waals surface area (Å²) >= 11 is 1.37. The molecule has 0 unspecified atom stereocenters. The molecule has 1 aliphatic carbocycles. The van der Waals surface area contributed by atoms with Crippen molar-refractivity contribution in [2.24, 2.45) is 0 Å². The summed E-state index contributed by atoms with van der Waals surface area (Å²) in [6, 6.07) is 3.73. The van der Waals surface area contributed by atoms with E-state index in [-0.39, 0.29) is 11.9 Å². The van der Waals surface area contributed by atoms with Gasteiger partial charge in [-0.05, 0) is 49.4 Å². The molecule has 7 nitrogen and oxygen atoms in total. The van der Waals surface area contributed by atoms with E-state index in [1.807, 2.05) is 0 Å². The number of amides is 1. The van der Waals surface area contributed by atoms with Crippen molar-refractivity contribution in [3.8, 4) is 0 Å². The number of nitrogens with zero attached hydrogens (tertiary/aromatic N) is 2. The van der Waals surface area contributed by atoms with Gasteiger partial charge in [0.25, 0.3) is 5.56 Å². The van der Waals surface area contributed by atoms with Crippen molar-refractivity contribution in [1.29, 1.82) is 0 Å². The number of aromatic nitrogens is 2. The normalized spacial score (nSPS) is 13.2. The summed E-state index contributed by atoms with van der Waals surface area (Å²) in [6.07, 6.45) is 4.90. The summed E-state index contributed by atoms with van der Waals surface area (Å²) in [6.45, 7) is -0.304. The molecular weight excluding hydrogens is 397 g/mol. The monoisotopic (exact) mass is 415 g/mol. The van der Waals surface area contributed by atoms with Crippen LogP contribution in [0.25, 0.3) is 10.9 Å². The first kappa shape index (κ1) is 19.3. The van der Waals surface area contributed by atoms with Crippen LogP contribution >= 0.6 is 11.3 Å². The van der Waals surface area contributed by atoms with Crippen LogP contribution in [0.2, 0.25) is 0 Å². The molecule has 2 aromatic heterocycles. The summed E-state index contributed by atoms with van der Waals surface area (Å²) in [5.74, 6) is -1.52. The van der Waals surface area contributed by atoms with Crippen LogP contribution in [-0.4, -0.2) is 28.5 Å². The third-order valence-electron chi connectivity index (χ3n) is 4.91. The predicted octanol–water partition coefficient (Wildman–Crippen LogP) is 2.90. The molecule has 9 heteroatoms. The van der Waals surface area contributed by atoms with Gasteiger partial charge in [0.15, 0.2) is 0 Å². The summed E-state index contributed by atoms with van der Waals surface area (Å²) in [7, 11) is 1.31. The van der Waals surface area contributed by atoms with E-state index in [4.69, 9.17) is 4.74 Å². The zero-order chi connectivity index (χ0) is 20.5. The molecule has 1 N–H and O–H groups in total. The van der Waals surface area contributed by atoms with Crippen LogP contribution in [-0.2, 0) is 28.9 Å². The number of hydrogen-bond donors (Lipinski definition) is 1. The Morgan fingerprint density at radius 1 is 1.31 bits per heavy atom. The quantitative estimate of drug-likeness (QED) is 0.662. The van der Waals surface area contributed by atoms with E-state index in [9.17, 15) is 18.8 Å². The number of benzene rings is 1. The van der Waals surface area contributed by atoms with Gasteiger partial charge >= 0.3 is 5.97 Å². The Hall–Kier alpha value is -3.07. The first-order chi connectivity index (χ1) is 14.0. The highest BCUT2D eigenvalue weighted by molar-refractivity contribution is 7.17. The maximum Gasteiger partial charge on any atom is 0.341 e. The van der Waals surface area contributed by atoms with E-state index in [0.717, 1.165) is 46.8 Å². The molecule has 0 saturated carbocycles. The maximum atomic E-state index is 13.5. The molecule has 0 aliphatic heterocycles. The smallest absolute Gasteiger partial charge is 0.341 e. The fraction of sp³-hybridized carbons (Fsp3) is 0.300. The third-order valence-corrected chi connectivity index (χ3v) is 6.12. The molecule has 0 radical (unpaired) electrons. The average Bonchev–Trinajstić information content (AvgIpc) is 3.07. The molecule has 1 amide bonds. The van der Waals surface area contributed by atoms with Crippen molar-refractivity contribution < 1.29 is 18.7 Å². The second-order valence-electron chi connectivity index (χ2n) is 6.79. The van der Waals surface area contributed by atoms with Gasteiger partial charge in [0.1, 0.15) is 17.4 Å². The van der Waals surface area contributed by atoms with Crippen molar-refractivity contribution in [1.82, 2.24) is 9.55 Å². The second kappa shape index (κ2) is 7.75. The molecule has 1 aromatic carbocycles. The lowest BCUT2D eigenvalue weighted by Gasteiger charge is -2.12. The van der Waals surface area contributed by atoms with Crippen LogP contribution in [0.3, 0.4) is 0 Å². The first-order valence-electron chi connectivity index (χ1n) is 9.15. The summed E-state index contributed by atoms with van der Waals surface area (Å²) < 4.78 is 19.5. The van der Waals surface area contributed by atoms with Gasteiger partial charge in [0.05, 0.1) is 29.9 Å². The maximum absolute atomic E-state index is 13.5. The Bertz CT molecular complexity index is 1180. The molecular formula is C20H18FN3O4S. The summed E-state index contributed by atoms with van der Waals surface area (Å²) in [5, 5.41) is 3.27. The standard InChI is InChI=1S/C20H18FN3O4S/c1-28-20(27)17-12-4-2-3-5-15(12)29-18(17)23-16(25)9-24-10-22-14-7-6-11(21)8-13(14)19(24)26/h6-8,10H,2-5,9H2,1H3,(H,23,25). The Balaban J connectivity index is 1.62. The Morgan fingerprint density at radius 2 is 2.10 bits per heavy atom. The fourth-order valence-corrected chi connectivity index (χ4v) is 4.83. The highest BCUT2D eigenvalue weighted by Crippen LogP contribution is 2.38. The van der Waals surface area contributed by atoms with E-state index in [1.165, 1.54) is 36.9 Å². The van der Waals surface area contributed by atoms with Gasteiger partial charge in [-0.1, -0.05) is 0 Å². The number of rotatable bonds is 4. The molecule has 4 rings (SSSR count). The Labute approximate surface area is 169 Å². The van der Waals surface area contributed by atoms with E-state index in [1.54, 1.807) is 0 Å². The lowest BCUT2D eigenvalue weighted by Crippen LogP contribution is -2.28. The van der Waals surface area contributed by atoms with Crippen molar-refractivity contribution in [2.45, 2.75) is 32.2 Å². The number of nitrogens with one attached hydrogen (secondary N) is 1. The van der Waals surface area contributed by atoms with E-state index in [0.29, 0.717) is 16.1 Å². The SMILES string of the molecule is COC(=O)c1c(NC(=O)Cn2cnc3ccc(F)cc3c2=O)sc2c1CCCC2. The molecule has 1 aliphatic rings. The molecule has 0 saturated heterocycles. The molecule has 150 valence electrons. The van der Waals surface area contributed by atoms with Gasteiger partial charge < -0.3 is 10.1 Å². The molecule has 0 bridgehead atoms. The highest BCUT2D eigenvalue weighted by atomic mass is 32.1. The van der Waals surface area contributed by atoms with E-state index < -0.39 is 23.3 Å². The van der Waals surface area contributed by atoms with Crippen LogP contribution in [0.15, 0.2) is 29.3 Å². The lowest BCUT2D eigenvalue weighted by atomic mass is 9.95. The third kappa shape index (κ3) is 3.65. The first-order valence-corrected chi connectivity index (χ1v) is 9.97. The average molecular weight is 415 g/mol. The minimum absolute atomic E-state index is 0.0992. The number of anilines is 1. The number of hydrogen-bond acceptors (Lipinski definition) is 6. The van der Waals surface area contributed by atoms with Crippen molar-refractivity contribution in [2.75, 3.05) is 12.4 Å². The second-order valence-corrected chi connectivity index (χ2v) is 7.90. The lowest BCUT2D eigenvalue weighted by molar-refractivity contribution is -0.116. The zero-order valence-electron chi connectivity index (χ0n) is 15.7. The van der Waals surface area contributed by atoms with Gasteiger partial charge in [0.2, 0.25) is 5.91 Å². The fourth-order valence-electron chi connectivity index (χ4n) is 3.54. The summed E-state index contributed by atoms with van der Waals surface area (Å²) in [5.41, 5.74) is 1.17. The van der Waals surface area contributed by atoms with Gasteiger partial charge in [-0.2, -0.15) is 0 Å². The molecule has 0 spiro atoms. The Kier molecular flexibility index (Phi) is 5.14. The van der Waals surface area contributed by atoms with Gasteiger partial charge in [-0.15, -0.1) is 11.3 Å². The number of halogens is 1. The molecule has 29 heavy (non-hydrogen) atoms. The molecule has 3 aromatic rings. The van der Waals surface area contributed by atoms with Crippen molar-refractivity contribution in [3.05, 3.63) is 56.7 Å². The topological polar surface area (TPSA) is 90.3 Å². The van der Waals surface area contributed by atoms with E-state index >= 15 is 0 Å². The number of carbonyl (C=O) groups excluding carboxylic acids is 2. The minimum Gasteiger partial charge on any atom is -0.465 e. The van der Waals surface area contributed by atoms with Crippen LogP contribution in [0.5, 0.6) is 0 Å². The number of esters is 1. The Morgan fingerprint density at radius 3 is 2.90 bits per heavy atom. The van der Waals surface area contributed by atoms with E-state index in [2.05, 4.69) is 10.3 Å². The minimum atomic E-state index is -0.550. The zero-order valence-corrected chi connectivity index (χ0v) is 16.5. The van der Waals surface area contributed by atoms with Gasteiger partial charge in [-0.3, -0.25) is 14.2 Å². The molecule has 0 fully saturated rings. The van der Waals surface area contributed by atoms with Crippen LogP contribution in [0.1, 0.15) is 33.6 Å². The number of fused-ring (bicyclic) bond motifs is 2. The van der Waals surface area contributed by atoms with Gasteiger partial charge in [-0.25, -0.2) is 14.2 Å². The largest absolute Gasteiger partial charge is 0.465 e. The van der Waals surface area contributed by atoms with Crippen LogP contribution < -0.4 is 10.9 Å². The predicted molar refractivity (Wildman–Crippen MR) is 107 cm³/mol. The number of thiophene rings is 1. The number of carbonyl (C=O) groups is 2. The van der Waals surface area contributed by atoms with Crippen LogP contribution in [0.4, 0.5) is 9.39 Å².